The topological polar surface area (TPSA) is 57.9 Å². The summed E-state index contributed by atoms with van der Waals surface area (Å²) >= 11 is 0. The summed E-state index contributed by atoms with van der Waals surface area (Å²) in [5.74, 6) is 0. The zero-order chi connectivity index (χ0) is 11.4. The molecule has 1 fully saturated rings. The van der Waals surface area contributed by atoms with Crippen LogP contribution in [0.1, 0.15) is 25.3 Å². The molecule has 0 bridgehead atoms. The third-order valence-electron chi connectivity index (χ3n) is 2.97. The van der Waals surface area contributed by atoms with Crippen LogP contribution in [0.2, 0.25) is 0 Å². The molecule has 1 aromatic rings. The molecule has 0 aromatic carbocycles. The molecule has 0 saturated carbocycles. The van der Waals surface area contributed by atoms with E-state index in [9.17, 15) is 0 Å². The van der Waals surface area contributed by atoms with Gasteiger partial charge in [0, 0.05) is 24.9 Å². The largest absolute Gasteiger partial charge is 0.381 e. The molecule has 0 amide bonds. The van der Waals surface area contributed by atoms with Gasteiger partial charge in [-0.1, -0.05) is 0 Å². The monoisotopic (exact) mass is 217 g/mol. The molecule has 0 unspecified atom stereocenters. The Bertz CT molecular complexity index is 405. The van der Waals surface area contributed by atoms with Gasteiger partial charge in [0.05, 0.1) is 17.4 Å². The number of anilines is 1. The van der Waals surface area contributed by atoms with E-state index in [0.717, 1.165) is 31.7 Å². The highest BCUT2D eigenvalue weighted by atomic mass is 16.5. The van der Waals surface area contributed by atoms with Crippen molar-refractivity contribution in [3.8, 4) is 6.07 Å². The summed E-state index contributed by atoms with van der Waals surface area (Å²) in [7, 11) is 0. The van der Waals surface area contributed by atoms with Crippen molar-refractivity contribution in [3.63, 3.8) is 0 Å². The number of hydrogen-bond donors (Lipinski definition) is 1. The third-order valence-corrected chi connectivity index (χ3v) is 2.97. The minimum absolute atomic E-state index is 0.00683. The standard InChI is InChI=1S/C12H15N3O/c1-12(3-6-16-7-4-12)15-11-9-14-5-2-10(11)8-13/h2,5,9,15H,3-4,6-7H2,1H3. The lowest BCUT2D eigenvalue weighted by Gasteiger charge is -2.35. The van der Waals surface area contributed by atoms with Gasteiger partial charge < -0.3 is 10.1 Å². The van der Waals surface area contributed by atoms with Crippen LogP contribution in [-0.2, 0) is 4.74 Å². The first-order valence-corrected chi connectivity index (χ1v) is 5.44. The van der Waals surface area contributed by atoms with E-state index in [4.69, 9.17) is 10.00 Å². The molecule has 1 saturated heterocycles. The van der Waals surface area contributed by atoms with Crippen molar-refractivity contribution in [1.82, 2.24) is 4.98 Å². The molecule has 0 atom stereocenters. The Balaban J connectivity index is 2.16. The van der Waals surface area contributed by atoms with E-state index in [1.54, 1.807) is 18.5 Å². The second-order valence-corrected chi connectivity index (χ2v) is 4.33. The second kappa shape index (κ2) is 4.50. The quantitative estimate of drug-likeness (QED) is 0.822. The van der Waals surface area contributed by atoms with Crippen LogP contribution >= 0.6 is 0 Å². The van der Waals surface area contributed by atoms with Gasteiger partial charge in [0.15, 0.2) is 0 Å². The Hall–Kier alpha value is -1.60. The predicted molar refractivity (Wildman–Crippen MR) is 61.0 cm³/mol. The molecule has 1 N–H and O–H groups in total. The Morgan fingerprint density at radius 3 is 2.94 bits per heavy atom. The molecule has 4 heteroatoms. The van der Waals surface area contributed by atoms with Crippen molar-refractivity contribution in [2.45, 2.75) is 25.3 Å². The summed E-state index contributed by atoms with van der Waals surface area (Å²) in [5, 5.41) is 12.4. The fourth-order valence-electron chi connectivity index (χ4n) is 1.86. The van der Waals surface area contributed by atoms with Crippen LogP contribution in [0, 0.1) is 11.3 Å². The fraction of sp³-hybridized carbons (Fsp3) is 0.500. The fourth-order valence-corrected chi connectivity index (χ4v) is 1.86. The Kier molecular flexibility index (Phi) is 3.07. The molecular weight excluding hydrogens is 202 g/mol. The summed E-state index contributed by atoms with van der Waals surface area (Å²) in [5.41, 5.74) is 1.46. The number of nitrogens with zero attached hydrogens (tertiary/aromatic N) is 2. The maximum atomic E-state index is 8.99. The summed E-state index contributed by atoms with van der Waals surface area (Å²) in [6.45, 7) is 3.70. The van der Waals surface area contributed by atoms with Crippen molar-refractivity contribution in [2.75, 3.05) is 18.5 Å². The van der Waals surface area contributed by atoms with Crippen LogP contribution in [0.4, 0.5) is 5.69 Å². The van der Waals surface area contributed by atoms with Crippen LogP contribution in [0.25, 0.3) is 0 Å². The van der Waals surface area contributed by atoms with E-state index in [1.165, 1.54) is 0 Å². The summed E-state index contributed by atoms with van der Waals surface area (Å²) < 4.78 is 5.34. The summed E-state index contributed by atoms with van der Waals surface area (Å²) in [6, 6.07) is 3.90. The van der Waals surface area contributed by atoms with Crippen molar-refractivity contribution < 1.29 is 4.74 Å². The molecule has 0 spiro atoms. The van der Waals surface area contributed by atoms with Crippen molar-refractivity contribution in [3.05, 3.63) is 24.0 Å². The molecule has 2 rings (SSSR count). The first-order chi connectivity index (χ1) is 7.73. The van der Waals surface area contributed by atoms with Crippen molar-refractivity contribution in [1.29, 1.82) is 5.26 Å². The zero-order valence-corrected chi connectivity index (χ0v) is 9.36. The highest BCUT2D eigenvalue weighted by Gasteiger charge is 2.27. The van der Waals surface area contributed by atoms with Crippen LogP contribution in [0.3, 0.4) is 0 Å². The van der Waals surface area contributed by atoms with Gasteiger partial charge in [0.2, 0.25) is 0 Å². The molecule has 1 aromatic heterocycles. The van der Waals surface area contributed by atoms with Crippen LogP contribution in [0.5, 0.6) is 0 Å². The normalized spacial score (nSPS) is 18.8. The third kappa shape index (κ3) is 2.31. The number of nitrogens with one attached hydrogen (secondary N) is 1. The SMILES string of the molecule is CC1(Nc2cnccc2C#N)CCOCC1. The highest BCUT2D eigenvalue weighted by molar-refractivity contribution is 5.56. The number of rotatable bonds is 2. The molecule has 0 radical (unpaired) electrons. The Morgan fingerprint density at radius 1 is 1.50 bits per heavy atom. The van der Waals surface area contributed by atoms with E-state index < -0.39 is 0 Å². The molecule has 4 nitrogen and oxygen atoms in total. The first-order valence-electron chi connectivity index (χ1n) is 5.44. The van der Waals surface area contributed by atoms with Gasteiger partial charge in [-0.25, -0.2) is 0 Å². The van der Waals surface area contributed by atoms with E-state index >= 15 is 0 Å². The molecule has 1 aliphatic rings. The van der Waals surface area contributed by atoms with E-state index in [0.29, 0.717) is 5.56 Å². The van der Waals surface area contributed by atoms with Gasteiger partial charge >= 0.3 is 0 Å². The maximum Gasteiger partial charge on any atom is 0.101 e. The second-order valence-electron chi connectivity index (χ2n) is 4.33. The summed E-state index contributed by atoms with van der Waals surface area (Å²) in [4.78, 5) is 4.05. The highest BCUT2D eigenvalue weighted by Crippen LogP contribution is 2.26. The van der Waals surface area contributed by atoms with Crippen LogP contribution in [-0.4, -0.2) is 23.7 Å². The lowest BCUT2D eigenvalue weighted by atomic mass is 9.92. The van der Waals surface area contributed by atoms with Gasteiger partial charge in [-0.15, -0.1) is 0 Å². The van der Waals surface area contributed by atoms with Crippen LogP contribution in [0.15, 0.2) is 18.5 Å². The lowest BCUT2D eigenvalue weighted by molar-refractivity contribution is 0.0658. The average molecular weight is 217 g/mol. The summed E-state index contributed by atoms with van der Waals surface area (Å²) in [6.07, 6.45) is 5.24. The maximum absolute atomic E-state index is 8.99. The van der Waals surface area contributed by atoms with Crippen molar-refractivity contribution in [2.24, 2.45) is 0 Å². The number of pyridine rings is 1. The van der Waals surface area contributed by atoms with E-state index in [2.05, 4.69) is 23.3 Å². The Labute approximate surface area is 95.3 Å². The van der Waals surface area contributed by atoms with Gasteiger partial charge in [-0.3, -0.25) is 4.98 Å². The zero-order valence-electron chi connectivity index (χ0n) is 9.36. The number of aromatic nitrogens is 1. The van der Waals surface area contributed by atoms with Gasteiger partial charge in [-0.05, 0) is 25.8 Å². The van der Waals surface area contributed by atoms with E-state index in [-0.39, 0.29) is 5.54 Å². The average Bonchev–Trinajstić information content (AvgIpc) is 2.30. The molecule has 16 heavy (non-hydrogen) atoms. The van der Waals surface area contributed by atoms with Gasteiger partial charge in [0.1, 0.15) is 6.07 Å². The van der Waals surface area contributed by atoms with Gasteiger partial charge in [-0.2, -0.15) is 5.26 Å². The minimum Gasteiger partial charge on any atom is -0.381 e. The van der Waals surface area contributed by atoms with Crippen LogP contribution < -0.4 is 5.32 Å². The molecular formula is C12H15N3O. The number of nitriles is 1. The Morgan fingerprint density at radius 2 is 2.25 bits per heavy atom. The van der Waals surface area contributed by atoms with Crippen molar-refractivity contribution >= 4 is 5.69 Å². The first kappa shape index (κ1) is 10.9. The van der Waals surface area contributed by atoms with Gasteiger partial charge in [0.25, 0.3) is 0 Å². The lowest BCUT2D eigenvalue weighted by Crippen LogP contribution is -2.40. The molecule has 2 heterocycles. The van der Waals surface area contributed by atoms with E-state index in [1.807, 2.05) is 0 Å². The molecule has 0 aliphatic carbocycles. The molecule has 84 valence electrons. The predicted octanol–water partition coefficient (Wildman–Crippen LogP) is 1.93. The molecule has 1 aliphatic heterocycles. The number of hydrogen-bond acceptors (Lipinski definition) is 4. The smallest absolute Gasteiger partial charge is 0.101 e. The number of ether oxygens (including phenoxy) is 1. The minimum atomic E-state index is 0.00683.